The zero-order valence-corrected chi connectivity index (χ0v) is 9.10. The molecular weight excluding hydrogens is 215 g/mol. The normalized spacial score (nSPS) is 10.9. The molecule has 17 heavy (non-hydrogen) atoms. The van der Waals surface area contributed by atoms with Gasteiger partial charge in [0.05, 0.1) is 16.9 Å². The molecule has 0 amide bonds. The molecule has 1 aromatic heterocycles. The van der Waals surface area contributed by atoms with E-state index in [9.17, 15) is 4.39 Å². The van der Waals surface area contributed by atoms with Gasteiger partial charge in [-0.05, 0) is 30.3 Å². The lowest BCUT2D eigenvalue weighted by molar-refractivity contribution is 0.640. The fourth-order valence-corrected chi connectivity index (χ4v) is 2.05. The number of rotatable bonds is 1. The molecule has 0 spiro atoms. The number of nitrogen functional groups attached to an aromatic ring is 1. The van der Waals surface area contributed by atoms with E-state index in [1.54, 1.807) is 12.1 Å². The Balaban J connectivity index is 2.33. The third kappa shape index (κ3) is 1.47. The van der Waals surface area contributed by atoms with Crippen LogP contribution in [0.1, 0.15) is 0 Å². The molecule has 0 bridgehead atoms. The van der Waals surface area contributed by atoms with Gasteiger partial charge in [0, 0.05) is 11.6 Å². The highest BCUT2D eigenvalue weighted by Gasteiger charge is 2.07. The van der Waals surface area contributed by atoms with Gasteiger partial charge in [-0.1, -0.05) is 18.2 Å². The van der Waals surface area contributed by atoms with E-state index in [0.29, 0.717) is 11.1 Å². The monoisotopic (exact) mass is 226 g/mol. The molecule has 3 heteroatoms. The van der Waals surface area contributed by atoms with E-state index in [0.717, 1.165) is 11.2 Å². The third-order valence-electron chi connectivity index (χ3n) is 2.88. The number of para-hydroxylation sites is 2. The van der Waals surface area contributed by atoms with Gasteiger partial charge >= 0.3 is 0 Å². The maximum Gasteiger partial charge on any atom is 0.132 e. The van der Waals surface area contributed by atoms with Gasteiger partial charge in [0.25, 0.3) is 0 Å². The molecule has 0 atom stereocenters. The molecule has 1 heterocycles. The van der Waals surface area contributed by atoms with Crippen molar-refractivity contribution in [1.29, 1.82) is 0 Å². The summed E-state index contributed by atoms with van der Waals surface area (Å²) in [7, 11) is 0. The summed E-state index contributed by atoms with van der Waals surface area (Å²) in [6.45, 7) is 0. The summed E-state index contributed by atoms with van der Waals surface area (Å²) >= 11 is 0. The molecule has 0 fully saturated rings. The first-order valence-electron chi connectivity index (χ1n) is 5.38. The molecule has 84 valence electrons. The van der Waals surface area contributed by atoms with Crippen molar-refractivity contribution in [1.82, 2.24) is 4.57 Å². The fourth-order valence-electron chi connectivity index (χ4n) is 2.05. The SMILES string of the molecule is Nc1ccccc1-n1ccc2c(F)cccc21. The van der Waals surface area contributed by atoms with Gasteiger partial charge in [0.15, 0.2) is 0 Å². The van der Waals surface area contributed by atoms with E-state index in [4.69, 9.17) is 5.73 Å². The van der Waals surface area contributed by atoms with Crippen molar-refractivity contribution in [3.05, 3.63) is 60.5 Å². The van der Waals surface area contributed by atoms with Gasteiger partial charge in [0.2, 0.25) is 0 Å². The van der Waals surface area contributed by atoms with Crippen molar-refractivity contribution in [2.45, 2.75) is 0 Å². The van der Waals surface area contributed by atoms with Crippen molar-refractivity contribution >= 4 is 16.6 Å². The molecular formula is C14H11FN2. The smallest absolute Gasteiger partial charge is 0.132 e. The van der Waals surface area contributed by atoms with Gasteiger partial charge in [-0.2, -0.15) is 0 Å². The lowest BCUT2D eigenvalue weighted by Gasteiger charge is -2.08. The summed E-state index contributed by atoms with van der Waals surface area (Å²) < 4.78 is 15.5. The summed E-state index contributed by atoms with van der Waals surface area (Å²) in [5, 5.41) is 0.607. The Kier molecular flexibility index (Phi) is 2.11. The number of aromatic nitrogens is 1. The van der Waals surface area contributed by atoms with E-state index >= 15 is 0 Å². The molecule has 0 saturated carbocycles. The fraction of sp³-hybridized carbons (Fsp3) is 0. The number of fused-ring (bicyclic) bond motifs is 1. The molecule has 2 aromatic carbocycles. The second kappa shape index (κ2) is 3.63. The van der Waals surface area contributed by atoms with Crippen LogP contribution in [0, 0.1) is 5.82 Å². The van der Waals surface area contributed by atoms with Crippen LogP contribution < -0.4 is 5.73 Å². The standard InChI is InChI=1S/C14H11FN2/c15-11-4-3-7-13-10(11)8-9-17(13)14-6-2-1-5-12(14)16/h1-9H,16H2. The Bertz CT molecular complexity index is 686. The predicted octanol–water partition coefficient (Wildman–Crippen LogP) is 3.35. The van der Waals surface area contributed by atoms with Gasteiger partial charge < -0.3 is 10.3 Å². The van der Waals surface area contributed by atoms with Gasteiger partial charge in [-0.15, -0.1) is 0 Å². The number of anilines is 1. The van der Waals surface area contributed by atoms with Crippen molar-refractivity contribution in [3.63, 3.8) is 0 Å². The zero-order chi connectivity index (χ0) is 11.8. The molecule has 0 saturated heterocycles. The molecule has 0 aliphatic rings. The number of halogens is 1. The highest BCUT2D eigenvalue weighted by Crippen LogP contribution is 2.25. The number of benzene rings is 2. The number of hydrogen-bond donors (Lipinski definition) is 1. The van der Waals surface area contributed by atoms with Crippen molar-refractivity contribution in [2.75, 3.05) is 5.73 Å². The van der Waals surface area contributed by atoms with E-state index in [1.165, 1.54) is 6.07 Å². The Morgan fingerprint density at radius 2 is 1.76 bits per heavy atom. The van der Waals surface area contributed by atoms with Crippen molar-refractivity contribution in [2.24, 2.45) is 0 Å². The highest BCUT2D eigenvalue weighted by molar-refractivity contribution is 5.83. The minimum atomic E-state index is -0.212. The first kappa shape index (κ1) is 9.90. The third-order valence-corrected chi connectivity index (χ3v) is 2.88. The molecule has 3 aromatic rings. The number of nitrogens with zero attached hydrogens (tertiary/aromatic N) is 1. The topological polar surface area (TPSA) is 30.9 Å². The molecule has 2 nitrogen and oxygen atoms in total. The van der Waals surface area contributed by atoms with E-state index < -0.39 is 0 Å². The second-order valence-electron chi connectivity index (χ2n) is 3.92. The summed E-state index contributed by atoms with van der Waals surface area (Å²) in [6, 6.07) is 14.3. The molecule has 3 rings (SSSR count). The lowest BCUT2D eigenvalue weighted by atomic mass is 10.2. The molecule has 0 aliphatic carbocycles. The molecule has 0 unspecified atom stereocenters. The van der Waals surface area contributed by atoms with Crippen LogP contribution in [0.3, 0.4) is 0 Å². The van der Waals surface area contributed by atoms with Crippen molar-refractivity contribution < 1.29 is 4.39 Å². The second-order valence-corrected chi connectivity index (χ2v) is 3.92. The van der Waals surface area contributed by atoms with Crippen LogP contribution in [-0.4, -0.2) is 4.57 Å². The maximum absolute atomic E-state index is 13.6. The molecule has 0 radical (unpaired) electrons. The lowest BCUT2D eigenvalue weighted by Crippen LogP contribution is -1.97. The van der Waals surface area contributed by atoms with Crippen molar-refractivity contribution in [3.8, 4) is 5.69 Å². The minimum Gasteiger partial charge on any atom is -0.397 e. The van der Waals surface area contributed by atoms with E-state index in [1.807, 2.05) is 41.1 Å². The Morgan fingerprint density at radius 3 is 2.59 bits per heavy atom. The first-order valence-corrected chi connectivity index (χ1v) is 5.38. The largest absolute Gasteiger partial charge is 0.397 e. The van der Waals surface area contributed by atoms with Gasteiger partial charge in [0.1, 0.15) is 5.82 Å². The van der Waals surface area contributed by atoms with Gasteiger partial charge in [-0.3, -0.25) is 0 Å². The average Bonchev–Trinajstić information content (AvgIpc) is 2.75. The summed E-state index contributed by atoms with van der Waals surface area (Å²) in [6.07, 6.45) is 1.83. The maximum atomic E-state index is 13.6. The quantitative estimate of drug-likeness (QED) is 0.634. The van der Waals surface area contributed by atoms with E-state index in [2.05, 4.69) is 0 Å². The Hall–Kier alpha value is -2.29. The van der Waals surface area contributed by atoms with Crippen LogP contribution in [0.5, 0.6) is 0 Å². The minimum absolute atomic E-state index is 0.212. The van der Waals surface area contributed by atoms with Crippen LogP contribution in [0.2, 0.25) is 0 Å². The Morgan fingerprint density at radius 1 is 0.941 bits per heavy atom. The van der Waals surface area contributed by atoms with E-state index in [-0.39, 0.29) is 5.82 Å². The van der Waals surface area contributed by atoms with Crippen LogP contribution in [0.25, 0.3) is 16.6 Å². The molecule has 0 aliphatic heterocycles. The summed E-state index contributed by atoms with van der Waals surface area (Å²) in [5.74, 6) is -0.212. The molecule has 2 N–H and O–H groups in total. The zero-order valence-electron chi connectivity index (χ0n) is 9.10. The first-order chi connectivity index (χ1) is 8.27. The summed E-state index contributed by atoms with van der Waals surface area (Å²) in [4.78, 5) is 0. The van der Waals surface area contributed by atoms with Crippen LogP contribution in [0.15, 0.2) is 54.7 Å². The summed E-state index contributed by atoms with van der Waals surface area (Å²) in [5.41, 5.74) is 8.29. The van der Waals surface area contributed by atoms with Gasteiger partial charge in [-0.25, -0.2) is 4.39 Å². The Labute approximate surface area is 98.1 Å². The average molecular weight is 226 g/mol. The van der Waals surface area contributed by atoms with Crippen LogP contribution >= 0.6 is 0 Å². The van der Waals surface area contributed by atoms with Crippen LogP contribution in [-0.2, 0) is 0 Å². The predicted molar refractivity (Wildman–Crippen MR) is 67.6 cm³/mol. The number of nitrogens with two attached hydrogens (primary N) is 1. The highest BCUT2D eigenvalue weighted by atomic mass is 19.1. The van der Waals surface area contributed by atoms with Crippen LogP contribution in [0.4, 0.5) is 10.1 Å². The number of hydrogen-bond acceptors (Lipinski definition) is 1.